The molecule has 60 valence electrons. The molecule has 0 N–H and O–H groups in total. The van der Waals surface area contributed by atoms with Crippen molar-refractivity contribution in [2.24, 2.45) is 23.7 Å². The molecule has 0 aliphatic heterocycles. The van der Waals surface area contributed by atoms with Gasteiger partial charge in [-0.1, -0.05) is 27.7 Å². The molecule has 0 amide bonds. The summed E-state index contributed by atoms with van der Waals surface area (Å²) in [7, 11) is 0. The molecule has 1 unspecified atom stereocenters. The Bertz CT molecular complexity index is 103. The molecule has 1 fully saturated rings. The lowest BCUT2D eigenvalue weighted by atomic mass is 10.0. The monoisotopic (exact) mass is 140 g/mol. The van der Waals surface area contributed by atoms with Gasteiger partial charge >= 0.3 is 0 Å². The van der Waals surface area contributed by atoms with Crippen LogP contribution >= 0.6 is 0 Å². The predicted molar refractivity (Wildman–Crippen MR) is 45.9 cm³/mol. The molecule has 0 heteroatoms. The quantitative estimate of drug-likeness (QED) is 0.564. The molecule has 1 aliphatic carbocycles. The second kappa shape index (κ2) is 2.94. The highest BCUT2D eigenvalue weighted by Crippen LogP contribution is 2.47. The van der Waals surface area contributed by atoms with Gasteiger partial charge in [0.2, 0.25) is 0 Å². The van der Waals surface area contributed by atoms with Crippen LogP contribution in [0.25, 0.3) is 0 Å². The number of hydrogen-bond donors (Lipinski definition) is 0. The minimum absolute atomic E-state index is 0.911. The standard InChI is InChI=1S/C10H20/c1-7(2)5-9-6-10(9)8(3)4/h7-10H,5-6H2,1-4H3/t9-,10?/m0/s1. The van der Waals surface area contributed by atoms with Crippen molar-refractivity contribution in [1.29, 1.82) is 0 Å². The van der Waals surface area contributed by atoms with Crippen molar-refractivity contribution in [1.82, 2.24) is 0 Å². The summed E-state index contributed by atoms with van der Waals surface area (Å²) >= 11 is 0. The summed E-state index contributed by atoms with van der Waals surface area (Å²) in [6.07, 6.45) is 2.97. The van der Waals surface area contributed by atoms with E-state index in [2.05, 4.69) is 27.7 Å². The van der Waals surface area contributed by atoms with E-state index in [-0.39, 0.29) is 0 Å². The molecule has 1 saturated carbocycles. The lowest BCUT2D eigenvalue weighted by Crippen LogP contribution is -1.95. The van der Waals surface area contributed by atoms with E-state index in [1.165, 1.54) is 12.8 Å². The lowest BCUT2D eigenvalue weighted by Gasteiger charge is -2.04. The second-order valence-corrected chi connectivity index (χ2v) is 4.53. The van der Waals surface area contributed by atoms with Crippen molar-refractivity contribution < 1.29 is 0 Å². The van der Waals surface area contributed by atoms with Crippen LogP contribution in [0.4, 0.5) is 0 Å². The molecule has 0 bridgehead atoms. The van der Waals surface area contributed by atoms with Gasteiger partial charge in [0, 0.05) is 0 Å². The average Bonchev–Trinajstić information content (AvgIpc) is 2.43. The Morgan fingerprint density at radius 3 is 2.10 bits per heavy atom. The van der Waals surface area contributed by atoms with Gasteiger partial charge in [-0.05, 0) is 36.5 Å². The van der Waals surface area contributed by atoms with Crippen LogP contribution in [0.5, 0.6) is 0 Å². The van der Waals surface area contributed by atoms with E-state index in [9.17, 15) is 0 Å². The molecule has 0 saturated heterocycles. The van der Waals surface area contributed by atoms with E-state index >= 15 is 0 Å². The van der Waals surface area contributed by atoms with Crippen LogP contribution in [0.1, 0.15) is 40.5 Å². The van der Waals surface area contributed by atoms with Crippen LogP contribution in [-0.4, -0.2) is 0 Å². The van der Waals surface area contributed by atoms with E-state index < -0.39 is 0 Å². The molecular weight excluding hydrogens is 120 g/mol. The predicted octanol–water partition coefficient (Wildman–Crippen LogP) is 3.32. The minimum atomic E-state index is 0.911. The summed E-state index contributed by atoms with van der Waals surface area (Å²) in [5, 5.41) is 0. The second-order valence-electron chi connectivity index (χ2n) is 4.53. The third-order valence-electron chi connectivity index (χ3n) is 2.61. The van der Waals surface area contributed by atoms with Crippen LogP contribution in [0, 0.1) is 23.7 Å². The number of rotatable bonds is 3. The molecule has 1 rings (SSSR count). The average molecular weight is 140 g/mol. The van der Waals surface area contributed by atoms with Gasteiger partial charge in [-0.25, -0.2) is 0 Å². The zero-order valence-corrected chi connectivity index (χ0v) is 7.72. The first-order valence-electron chi connectivity index (χ1n) is 4.61. The van der Waals surface area contributed by atoms with Crippen LogP contribution in [0.3, 0.4) is 0 Å². The van der Waals surface area contributed by atoms with Gasteiger partial charge in [-0.3, -0.25) is 0 Å². The van der Waals surface area contributed by atoms with Gasteiger partial charge in [0.25, 0.3) is 0 Å². The van der Waals surface area contributed by atoms with Crippen molar-refractivity contribution in [3.8, 4) is 0 Å². The first-order chi connectivity index (χ1) is 4.61. The highest BCUT2D eigenvalue weighted by atomic mass is 14.4. The first-order valence-corrected chi connectivity index (χ1v) is 4.61. The first kappa shape index (κ1) is 8.10. The molecular formula is C10H20. The normalized spacial score (nSPS) is 31.8. The van der Waals surface area contributed by atoms with Crippen LogP contribution in [0.15, 0.2) is 0 Å². The Balaban J connectivity index is 2.13. The highest BCUT2D eigenvalue weighted by Gasteiger charge is 2.38. The van der Waals surface area contributed by atoms with E-state index in [4.69, 9.17) is 0 Å². The van der Waals surface area contributed by atoms with E-state index in [0.29, 0.717) is 0 Å². The molecule has 0 aromatic rings. The zero-order chi connectivity index (χ0) is 7.72. The van der Waals surface area contributed by atoms with Gasteiger partial charge in [0.1, 0.15) is 0 Å². The minimum Gasteiger partial charge on any atom is -0.0628 e. The van der Waals surface area contributed by atoms with Crippen LogP contribution in [0.2, 0.25) is 0 Å². The largest absolute Gasteiger partial charge is 0.0628 e. The van der Waals surface area contributed by atoms with E-state index in [1.54, 1.807) is 0 Å². The van der Waals surface area contributed by atoms with Gasteiger partial charge in [0.15, 0.2) is 0 Å². The molecule has 0 heterocycles. The fourth-order valence-electron chi connectivity index (χ4n) is 1.96. The molecule has 1 aliphatic rings. The van der Waals surface area contributed by atoms with Crippen LogP contribution in [-0.2, 0) is 0 Å². The van der Waals surface area contributed by atoms with Crippen molar-refractivity contribution in [3.63, 3.8) is 0 Å². The van der Waals surface area contributed by atoms with Gasteiger partial charge in [-0.2, -0.15) is 0 Å². The smallest absolute Gasteiger partial charge is 0.0360 e. The SMILES string of the molecule is CC(C)C[C@H]1CC1C(C)C. The Hall–Kier alpha value is 0. The van der Waals surface area contributed by atoms with Crippen LogP contribution < -0.4 is 0 Å². The summed E-state index contributed by atoms with van der Waals surface area (Å²) in [5.41, 5.74) is 0. The third kappa shape index (κ3) is 2.00. The Morgan fingerprint density at radius 2 is 1.80 bits per heavy atom. The summed E-state index contributed by atoms with van der Waals surface area (Å²) in [5.74, 6) is 4.00. The Labute approximate surface area is 65.0 Å². The number of hydrogen-bond acceptors (Lipinski definition) is 0. The third-order valence-corrected chi connectivity index (χ3v) is 2.61. The van der Waals surface area contributed by atoms with Gasteiger partial charge in [-0.15, -0.1) is 0 Å². The van der Waals surface area contributed by atoms with Crippen molar-refractivity contribution >= 4 is 0 Å². The summed E-state index contributed by atoms with van der Waals surface area (Å²) in [4.78, 5) is 0. The van der Waals surface area contributed by atoms with E-state index in [1.807, 2.05) is 0 Å². The summed E-state index contributed by atoms with van der Waals surface area (Å²) in [6.45, 7) is 9.36. The van der Waals surface area contributed by atoms with Crippen molar-refractivity contribution in [3.05, 3.63) is 0 Å². The molecule has 0 aromatic carbocycles. The lowest BCUT2D eigenvalue weighted by molar-refractivity contribution is 0.457. The van der Waals surface area contributed by atoms with Gasteiger partial charge < -0.3 is 0 Å². The topological polar surface area (TPSA) is 0 Å². The maximum absolute atomic E-state index is 2.35. The maximum Gasteiger partial charge on any atom is -0.0360 e. The molecule has 2 atom stereocenters. The summed E-state index contributed by atoms with van der Waals surface area (Å²) < 4.78 is 0. The van der Waals surface area contributed by atoms with Crippen molar-refractivity contribution in [2.75, 3.05) is 0 Å². The fourth-order valence-corrected chi connectivity index (χ4v) is 1.96. The molecule has 0 spiro atoms. The molecule has 0 radical (unpaired) electrons. The summed E-state index contributed by atoms with van der Waals surface area (Å²) in [6, 6.07) is 0. The maximum atomic E-state index is 2.35. The molecule has 10 heavy (non-hydrogen) atoms. The zero-order valence-electron chi connectivity index (χ0n) is 7.72. The molecule has 0 nitrogen and oxygen atoms in total. The van der Waals surface area contributed by atoms with E-state index in [0.717, 1.165) is 23.7 Å². The highest BCUT2D eigenvalue weighted by molar-refractivity contribution is 4.88. The molecule has 0 aromatic heterocycles. The van der Waals surface area contributed by atoms with Gasteiger partial charge in [0.05, 0.1) is 0 Å². The fraction of sp³-hybridized carbons (Fsp3) is 1.00. The Morgan fingerprint density at radius 1 is 1.20 bits per heavy atom. The Kier molecular flexibility index (Phi) is 2.38. The van der Waals surface area contributed by atoms with Crippen molar-refractivity contribution in [2.45, 2.75) is 40.5 Å².